The highest BCUT2D eigenvalue weighted by Crippen LogP contribution is 2.08. The molecule has 1 unspecified atom stereocenters. The first-order valence-corrected chi connectivity index (χ1v) is 5.59. The molecule has 0 aliphatic carbocycles. The average Bonchev–Trinajstić information content (AvgIpc) is 2.32. The maximum absolute atomic E-state index is 12.8. The van der Waals surface area contributed by atoms with Gasteiger partial charge in [-0.3, -0.25) is 0 Å². The summed E-state index contributed by atoms with van der Waals surface area (Å²) in [7, 11) is 0. The highest BCUT2D eigenvalue weighted by molar-refractivity contribution is 5.30. The van der Waals surface area contributed by atoms with Gasteiger partial charge in [-0.1, -0.05) is 12.1 Å². The van der Waals surface area contributed by atoms with Crippen LogP contribution in [0, 0.1) is 5.82 Å². The number of aromatic nitrogens is 3. The summed E-state index contributed by atoms with van der Waals surface area (Å²) in [5.74, 6) is 0.392. The Bertz CT molecular complexity index is 514. The molecular formula is C12H14FN5. The van der Waals surface area contributed by atoms with Crippen LogP contribution in [-0.4, -0.2) is 21.0 Å². The Kier molecular flexibility index (Phi) is 3.66. The van der Waals surface area contributed by atoms with Crippen LogP contribution in [-0.2, 0) is 6.42 Å². The number of nitrogens with one attached hydrogen (secondary N) is 1. The molecule has 5 nitrogen and oxygen atoms in total. The summed E-state index contributed by atoms with van der Waals surface area (Å²) in [4.78, 5) is 11.6. The Morgan fingerprint density at radius 1 is 1.28 bits per heavy atom. The van der Waals surface area contributed by atoms with Crippen LogP contribution in [0.1, 0.15) is 12.5 Å². The molecule has 18 heavy (non-hydrogen) atoms. The minimum Gasteiger partial charge on any atom is -0.368 e. The van der Waals surface area contributed by atoms with Crippen LogP contribution in [0.15, 0.2) is 30.6 Å². The number of halogens is 1. The van der Waals surface area contributed by atoms with E-state index < -0.39 is 0 Å². The Morgan fingerprint density at radius 2 is 2.00 bits per heavy atom. The van der Waals surface area contributed by atoms with Crippen molar-refractivity contribution >= 4 is 11.9 Å². The molecule has 6 heteroatoms. The van der Waals surface area contributed by atoms with Gasteiger partial charge < -0.3 is 11.1 Å². The molecule has 1 atom stereocenters. The van der Waals surface area contributed by atoms with Crippen LogP contribution in [0.3, 0.4) is 0 Å². The molecule has 1 heterocycles. The van der Waals surface area contributed by atoms with Crippen LogP contribution < -0.4 is 11.1 Å². The number of nitrogens with two attached hydrogens (primary N) is 1. The number of nitrogens with zero attached hydrogens (tertiary/aromatic N) is 3. The monoisotopic (exact) mass is 247 g/mol. The highest BCUT2D eigenvalue weighted by atomic mass is 19.1. The third kappa shape index (κ3) is 3.38. The quantitative estimate of drug-likeness (QED) is 0.858. The third-order valence-electron chi connectivity index (χ3n) is 2.42. The lowest BCUT2D eigenvalue weighted by Gasteiger charge is -2.13. The van der Waals surface area contributed by atoms with Crippen molar-refractivity contribution in [3.05, 3.63) is 42.0 Å². The second kappa shape index (κ2) is 5.39. The van der Waals surface area contributed by atoms with E-state index in [-0.39, 0.29) is 17.8 Å². The van der Waals surface area contributed by atoms with E-state index in [1.54, 1.807) is 12.1 Å². The minimum atomic E-state index is -0.232. The van der Waals surface area contributed by atoms with E-state index in [4.69, 9.17) is 5.73 Å². The molecular weight excluding hydrogens is 233 g/mol. The van der Waals surface area contributed by atoms with E-state index >= 15 is 0 Å². The second-order valence-electron chi connectivity index (χ2n) is 4.04. The average molecular weight is 247 g/mol. The number of nitrogen functional groups attached to an aromatic ring is 1. The van der Waals surface area contributed by atoms with Gasteiger partial charge in [0, 0.05) is 6.04 Å². The summed E-state index contributed by atoms with van der Waals surface area (Å²) >= 11 is 0. The fraction of sp³-hybridized carbons (Fsp3) is 0.250. The summed E-state index contributed by atoms with van der Waals surface area (Å²) in [6, 6.07) is 6.52. The Balaban J connectivity index is 1.96. The molecule has 0 amide bonds. The molecule has 0 saturated carbocycles. The number of benzene rings is 1. The van der Waals surface area contributed by atoms with Crippen molar-refractivity contribution in [2.45, 2.75) is 19.4 Å². The van der Waals surface area contributed by atoms with E-state index in [1.165, 1.54) is 18.5 Å². The highest BCUT2D eigenvalue weighted by Gasteiger charge is 2.06. The molecule has 0 spiro atoms. The largest absolute Gasteiger partial charge is 0.368 e. The third-order valence-corrected chi connectivity index (χ3v) is 2.42. The lowest BCUT2D eigenvalue weighted by Crippen LogP contribution is -2.20. The molecule has 0 radical (unpaired) electrons. The standard InChI is InChI=1S/C12H14FN5/c1-8(6-9-2-4-10(13)5-3-9)17-12-16-7-15-11(14)18-12/h2-5,7-8H,6H2,1H3,(H3,14,15,16,17,18). The van der Waals surface area contributed by atoms with Gasteiger partial charge in [0.2, 0.25) is 11.9 Å². The molecule has 1 aromatic carbocycles. The molecule has 94 valence electrons. The summed E-state index contributed by atoms with van der Waals surface area (Å²) < 4.78 is 12.8. The van der Waals surface area contributed by atoms with Gasteiger partial charge in [-0.2, -0.15) is 4.98 Å². The molecule has 1 aromatic heterocycles. The lowest BCUT2D eigenvalue weighted by atomic mass is 10.1. The van der Waals surface area contributed by atoms with Crippen LogP contribution in [0.25, 0.3) is 0 Å². The van der Waals surface area contributed by atoms with E-state index in [9.17, 15) is 4.39 Å². The molecule has 0 bridgehead atoms. The van der Waals surface area contributed by atoms with E-state index in [0.29, 0.717) is 5.95 Å². The van der Waals surface area contributed by atoms with Crippen LogP contribution in [0.5, 0.6) is 0 Å². The summed E-state index contributed by atoms with van der Waals surface area (Å²) in [6.07, 6.45) is 2.10. The number of anilines is 2. The van der Waals surface area contributed by atoms with Gasteiger partial charge in [0.05, 0.1) is 0 Å². The summed E-state index contributed by atoms with van der Waals surface area (Å²) in [5, 5.41) is 3.11. The van der Waals surface area contributed by atoms with Gasteiger partial charge in [-0.15, -0.1) is 0 Å². The Hall–Kier alpha value is -2.24. The van der Waals surface area contributed by atoms with Gasteiger partial charge in [-0.05, 0) is 31.0 Å². The Morgan fingerprint density at radius 3 is 2.67 bits per heavy atom. The zero-order chi connectivity index (χ0) is 13.0. The van der Waals surface area contributed by atoms with Gasteiger partial charge in [0.15, 0.2) is 0 Å². The topological polar surface area (TPSA) is 76.7 Å². The number of rotatable bonds is 4. The predicted octanol–water partition coefficient (Wildman–Crippen LogP) is 1.64. The minimum absolute atomic E-state index is 0.109. The predicted molar refractivity (Wildman–Crippen MR) is 67.4 cm³/mol. The SMILES string of the molecule is CC(Cc1ccc(F)cc1)Nc1ncnc(N)n1. The zero-order valence-electron chi connectivity index (χ0n) is 9.97. The number of hydrogen-bond acceptors (Lipinski definition) is 5. The van der Waals surface area contributed by atoms with Crippen LogP contribution in [0.4, 0.5) is 16.3 Å². The maximum Gasteiger partial charge on any atom is 0.227 e. The fourth-order valence-corrected chi connectivity index (χ4v) is 1.62. The Labute approximate surface area is 104 Å². The lowest BCUT2D eigenvalue weighted by molar-refractivity contribution is 0.626. The van der Waals surface area contributed by atoms with Gasteiger partial charge in [-0.25, -0.2) is 14.4 Å². The molecule has 2 aromatic rings. The second-order valence-corrected chi connectivity index (χ2v) is 4.04. The van der Waals surface area contributed by atoms with Crippen molar-refractivity contribution in [3.63, 3.8) is 0 Å². The first-order chi connectivity index (χ1) is 8.63. The normalized spacial score (nSPS) is 12.1. The van der Waals surface area contributed by atoms with Crippen LogP contribution in [0.2, 0.25) is 0 Å². The van der Waals surface area contributed by atoms with Crippen molar-refractivity contribution in [2.75, 3.05) is 11.1 Å². The van der Waals surface area contributed by atoms with Gasteiger partial charge in [0.25, 0.3) is 0 Å². The van der Waals surface area contributed by atoms with Crippen molar-refractivity contribution in [3.8, 4) is 0 Å². The molecule has 0 fully saturated rings. The van der Waals surface area contributed by atoms with E-state index in [1.807, 2.05) is 6.92 Å². The van der Waals surface area contributed by atoms with Gasteiger partial charge >= 0.3 is 0 Å². The van der Waals surface area contributed by atoms with Crippen molar-refractivity contribution in [1.29, 1.82) is 0 Å². The molecule has 0 saturated heterocycles. The van der Waals surface area contributed by atoms with Crippen LogP contribution >= 0.6 is 0 Å². The molecule has 3 N–H and O–H groups in total. The van der Waals surface area contributed by atoms with E-state index in [2.05, 4.69) is 20.3 Å². The molecule has 2 rings (SSSR count). The first-order valence-electron chi connectivity index (χ1n) is 5.59. The van der Waals surface area contributed by atoms with Crippen molar-refractivity contribution < 1.29 is 4.39 Å². The summed E-state index contributed by atoms with van der Waals surface area (Å²) in [5.41, 5.74) is 6.50. The summed E-state index contributed by atoms with van der Waals surface area (Å²) in [6.45, 7) is 1.99. The van der Waals surface area contributed by atoms with Gasteiger partial charge in [0.1, 0.15) is 12.1 Å². The fourth-order valence-electron chi connectivity index (χ4n) is 1.62. The number of hydrogen-bond donors (Lipinski definition) is 2. The van der Waals surface area contributed by atoms with Crippen molar-refractivity contribution in [2.24, 2.45) is 0 Å². The maximum atomic E-state index is 12.8. The molecule has 0 aliphatic rings. The van der Waals surface area contributed by atoms with E-state index in [0.717, 1.165) is 12.0 Å². The zero-order valence-corrected chi connectivity index (χ0v) is 9.97. The van der Waals surface area contributed by atoms with Crippen molar-refractivity contribution in [1.82, 2.24) is 15.0 Å². The molecule has 0 aliphatic heterocycles. The smallest absolute Gasteiger partial charge is 0.227 e. The first kappa shape index (κ1) is 12.2.